The van der Waals surface area contributed by atoms with Crippen molar-refractivity contribution < 1.29 is 19.0 Å². The normalized spacial score (nSPS) is 17.8. The zero-order valence-corrected chi connectivity index (χ0v) is 13.2. The second kappa shape index (κ2) is 8.60. The van der Waals surface area contributed by atoms with Gasteiger partial charge in [0.2, 0.25) is 5.91 Å². The summed E-state index contributed by atoms with van der Waals surface area (Å²) in [4.78, 5) is 11.9. The van der Waals surface area contributed by atoms with E-state index in [0.29, 0.717) is 32.6 Å². The van der Waals surface area contributed by atoms with Crippen LogP contribution in [0.2, 0.25) is 0 Å². The Hall–Kier alpha value is -1.79. The van der Waals surface area contributed by atoms with Crippen LogP contribution in [0.4, 0.5) is 0 Å². The van der Waals surface area contributed by atoms with E-state index in [0.717, 1.165) is 23.6 Å². The van der Waals surface area contributed by atoms with Gasteiger partial charge in [-0.25, -0.2) is 0 Å². The van der Waals surface area contributed by atoms with Crippen LogP contribution >= 0.6 is 0 Å². The van der Waals surface area contributed by atoms with Crippen LogP contribution in [0.3, 0.4) is 0 Å². The van der Waals surface area contributed by atoms with E-state index in [-0.39, 0.29) is 11.9 Å². The van der Waals surface area contributed by atoms with Gasteiger partial charge in [-0.15, -0.1) is 0 Å². The summed E-state index contributed by atoms with van der Waals surface area (Å²) in [5.41, 5.74) is 1.02. The van der Waals surface area contributed by atoms with Gasteiger partial charge in [-0.2, -0.15) is 0 Å². The van der Waals surface area contributed by atoms with Gasteiger partial charge in [0.15, 0.2) is 0 Å². The Morgan fingerprint density at radius 1 is 1.41 bits per heavy atom. The Bertz CT molecular complexity index is 487. The van der Waals surface area contributed by atoms with Gasteiger partial charge in [0, 0.05) is 25.6 Å². The van der Waals surface area contributed by atoms with Crippen molar-refractivity contribution in [3.8, 4) is 11.5 Å². The Labute approximate surface area is 131 Å². The monoisotopic (exact) mass is 308 g/mol. The quantitative estimate of drug-likeness (QED) is 0.778. The third kappa shape index (κ3) is 4.89. The molecule has 0 saturated carbocycles. The molecule has 1 atom stereocenters. The van der Waals surface area contributed by atoms with Crippen molar-refractivity contribution in [3.05, 3.63) is 23.8 Å². The lowest BCUT2D eigenvalue weighted by Gasteiger charge is -2.23. The molecule has 2 N–H and O–H groups in total. The van der Waals surface area contributed by atoms with E-state index in [2.05, 4.69) is 10.6 Å². The number of carbonyl (C=O) groups is 1. The van der Waals surface area contributed by atoms with Crippen LogP contribution in [0.25, 0.3) is 0 Å². The number of benzene rings is 1. The Balaban J connectivity index is 1.78. The first-order valence-electron chi connectivity index (χ1n) is 7.51. The summed E-state index contributed by atoms with van der Waals surface area (Å²) >= 11 is 0. The maximum absolute atomic E-state index is 11.9. The van der Waals surface area contributed by atoms with Crippen LogP contribution in [-0.4, -0.2) is 52.5 Å². The van der Waals surface area contributed by atoms with Crippen LogP contribution in [0.15, 0.2) is 18.2 Å². The maximum Gasteiger partial charge on any atom is 0.221 e. The zero-order valence-electron chi connectivity index (χ0n) is 13.2. The zero-order chi connectivity index (χ0) is 15.8. The molecule has 2 rings (SSSR count). The van der Waals surface area contributed by atoms with Crippen molar-refractivity contribution in [2.45, 2.75) is 18.9 Å². The first kappa shape index (κ1) is 16.6. The molecule has 1 aromatic carbocycles. The number of nitrogens with one attached hydrogen (secondary N) is 2. The maximum atomic E-state index is 11.9. The topological polar surface area (TPSA) is 68.8 Å². The van der Waals surface area contributed by atoms with Crippen molar-refractivity contribution in [2.24, 2.45) is 0 Å². The van der Waals surface area contributed by atoms with E-state index in [1.807, 2.05) is 18.2 Å². The molecular weight excluding hydrogens is 284 g/mol. The van der Waals surface area contributed by atoms with Gasteiger partial charge in [0.25, 0.3) is 0 Å². The van der Waals surface area contributed by atoms with E-state index < -0.39 is 0 Å². The molecule has 1 saturated heterocycles. The molecule has 0 radical (unpaired) electrons. The van der Waals surface area contributed by atoms with E-state index >= 15 is 0 Å². The SMILES string of the molecule is COc1ccc(OC)c(CCNC(=O)CC2COCCN2)c1. The molecule has 122 valence electrons. The van der Waals surface area contributed by atoms with E-state index in [4.69, 9.17) is 14.2 Å². The summed E-state index contributed by atoms with van der Waals surface area (Å²) in [7, 11) is 3.27. The molecule has 22 heavy (non-hydrogen) atoms. The summed E-state index contributed by atoms with van der Waals surface area (Å²) in [6, 6.07) is 5.77. The van der Waals surface area contributed by atoms with Gasteiger partial charge in [-0.3, -0.25) is 4.79 Å². The van der Waals surface area contributed by atoms with E-state index in [1.165, 1.54) is 0 Å². The minimum Gasteiger partial charge on any atom is -0.497 e. The van der Waals surface area contributed by atoms with Crippen LogP contribution < -0.4 is 20.1 Å². The van der Waals surface area contributed by atoms with Gasteiger partial charge in [0.1, 0.15) is 11.5 Å². The molecule has 1 heterocycles. The highest BCUT2D eigenvalue weighted by molar-refractivity contribution is 5.76. The molecule has 0 spiro atoms. The number of morpholine rings is 1. The van der Waals surface area contributed by atoms with Crippen molar-refractivity contribution >= 4 is 5.91 Å². The molecule has 1 aliphatic rings. The molecule has 0 bridgehead atoms. The summed E-state index contributed by atoms with van der Waals surface area (Å²) in [6.45, 7) is 2.68. The molecule has 1 aromatic rings. The highest BCUT2D eigenvalue weighted by Crippen LogP contribution is 2.24. The largest absolute Gasteiger partial charge is 0.497 e. The molecule has 1 fully saturated rings. The Kier molecular flexibility index (Phi) is 6.48. The van der Waals surface area contributed by atoms with Crippen LogP contribution in [-0.2, 0) is 16.0 Å². The number of hydrogen-bond acceptors (Lipinski definition) is 5. The van der Waals surface area contributed by atoms with Crippen LogP contribution in [0.5, 0.6) is 11.5 Å². The van der Waals surface area contributed by atoms with Gasteiger partial charge in [0.05, 0.1) is 27.4 Å². The predicted molar refractivity (Wildman–Crippen MR) is 83.5 cm³/mol. The average molecular weight is 308 g/mol. The lowest BCUT2D eigenvalue weighted by Crippen LogP contribution is -2.44. The molecule has 1 unspecified atom stereocenters. The molecule has 1 amide bonds. The van der Waals surface area contributed by atoms with Gasteiger partial charge in [-0.1, -0.05) is 0 Å². The number of methoxy groups -OCH3 is 2. The lowest BCUT2D eigenvalue weighted by molar-refractivity contribution is -0.122. The fourth-order valence-corrected chi connectivity index (χ4v) is 2.46. The predicted octanol–water partition coefficient (Wildman–Crippen LogP) is 0.741. The molecular formula is C16H24N2O4. The first-order valence-corrected chi connectivity index (χ1v) is 7.51. The summed E-state index contributed by atoms with van der Waals surface area (Å²) in [5.74, 6) is 1.62. The third-order valence-electron chi connectivity index (χ3n) is 3.63. The van der Waals surface area contributed by atoms with Crippen molar-refractivity contribution in [2.75, 3.05) is 40.5 Å². The highest BCUT2D eigenvalue weighted by atomic mass is 16.5. The average Bonchev–Trinajstić information content (AvgIpc) is 2.55. The minimum atomic E-state index is 0.0323. The lowest BCUT2D eigenvalue weighted by atomic mass is 10.1. The van der Waals surface area contributed by atoms with Crippen molar-refractivity contribution in [1.82, 2.24) is 10.6 Å². The minimum absolute atomic E-state index is 0.0323. The Morgan fingerprint density at radius 2 is 2.27 bits per heavy atom. The fraction of sp³-hybridized carbons (Fsp3) is 0.562. The third-order valence-corrected chi connectivity index (χ3v) is 3.63. The molecule has 1 aliphatic heterocycles. The number of carbonyl (C=O) groups excluding carboxylic acids is 1. The van der Waals surface area contributed by atoms with Crippen molar-refractivity contribution in [3.63, 3.8) is 0 Å². The molecule has 6 nitrogen and oxygen atoms in total. The molecule has 0 aliphatic carbocycles. The van der Waals surface area contributed by atoms with E-state index in [1.54, 1.807) is 14.2 Å². The second-order valence-corrected chi connectivity index (χ2v) is 5.21. The van der Waals surface area contributed by atoms with Gasteiger partial charge in [-0.05, 0) is 30.2 Å². The standard InChI is InChI=1S/C16H24N2O4/c1-20-14-3-4-15(21-2)12(9-14)5-6-18-16(19)10-13-11-22-8-7-17-13/h3-4,9,13,17H,5-8,10-11H2,1-2H3,(H,18,19). The smallest absolute Gasteiger partial charge is 0.221 e. The van der Waals surface area contributed by atoms with Crippen molar-refractivity contribution in [1.29, 1.82) is 0 Å². The molecule has 6 heteroatoms. The number of rotatable bonds is 7. The fourth-order valence-electron chi connectivity index (χ4n) is 2.46. The second-order valence-electron chi connectivity index (χ2n) is 5.21. The Morgan fingerprint density at radius 3 is 2.95 bits per heavy atom. The summed E-state index contributed by atoms with van der Waals surface area (Å²) in [5, 5.41) is 6.21. The number of amides is 1. The highest BCUT2D eigenvalue weighted by Gasteiger charge is 2.16. The van der Waals surface area contributed by atoms with Gasteiger partial charge < -0.3 is 24.8 Å². The van der Waals surface area contributed by atoms with Crippen LogP contribution in [0, 0.1) is 0 Å². The summed E-state index contributed by atoms with van der Waals surface area (Å²) in [6.07, 6.45) is 1.13. The number of hydrogen-bond donors (Lipinski definition) is 2. The summed E-state index contributed by atoms with van der Waals surface area (Å²) < 4.78 is 15.9. The molecule has 0 aromatic heterocycles. The van der Waals surface area contributed by atoms with Crippen LogP contribution in [0.1, 0.15) is 12.0 Å². The van der Waals surface area contributed by atoms with E-state index in [9.17, 15) is 4.79 Å². The van der Waals surface area contributed by atoms with Gasteiger partial charge >= 0.3 is 0 Å². The number of ether oxygens (including phenoxy) is 3. The first-order chi connectivity index (χ1) is 10.7.